The predicted octanol–water partition coefficient (Wildman–Crippen LogP) is 3.54. The summed E-state index contributed by atoms with van der Waals surface area (Å²) in [6.45, 7) is 11.2. The van der Waals surface area contributed by atoms with Gasteiger partial charge >= 0.3 is 0 Å². The molecular weight excluding hydrogens is 182 g/mol. The van der Waals surface area contributed by atoms with E-state index in [1.165, 1.54) is 51.7 Å². The molecule has 0 spiro atoms. The quantitative estimate of drug-likeness (QED) is 0.669. The van der Waals surface area contributed by atoms with E-state index in [4.69, 9.17) is 0 Å². The monoisotopic (exact) mass is 209 g/mol. The Labute approximate surface area is 95.2 Å². The van der Waals surface area contributed by atoms with E-state index in [0.29, 0.717) is 5.41 Å². The summed E-state index contributed by atoms with van der Waals surface area (Å²) >= 11 is 0. The van der Waals surface area contributed by atoms with Crippen molar-refractivity contribution >= 4 is 0 Å². The van der Waals surface area contributed by atoms with Crippen molar-refractivity contribution in [3.05, 3.63) is 0 Å². The molecular formula is C14H27N. The van der Waals surface area contributed by atoms with Crippen molar-refractivity contribution in [1.29, 1.82) is 0 Å². The van der Waals surface area contributed by atoms with Crippen molar-refractivity contribution in [2.75, 3.05) is 19.6 Å². The zero-order valence-electron chi connectivity index (χ0n) is 10.8. The molecule has 1 nitrogen and oxygen atoms in total. The molecule has 0 aliphatic heterocycles. The van der Waals surface area contributed by atoms with Crippen LogP contribution in [0.2, 0.25) is 0 Å². The fourth-order valence-electron chi connectivity index (χ4n) is 2.58. The summed E-state index contributed by atoms with van der Waals surface area (Å²) < 4.78 is 0. The number of nitrogens with zero attached hydrogens (tertiary/aromatic N) is 1. The van der Waals surface area contributed by atoms with Crippen LogP contribution in [-0.4, -0.2) is 24.5 Å². The lowest BCUT2D eigenvalue weighted by Gasteiger charge is -2.36. The molecule has 0 bridgehead atoms. The number of hydrogen-bond donors (Lipinski definition) is 0. The van der Waals surface area contributed by atoms with Crippen LogP contribution in [0.5, 0.6) is 0 Å². The van der Waals surface area contributed by atoms with Crippen LogP contribution >= 0.6 is 0 Å². The first-order chi connectivity index (χ1) is 7.03. The summed E-state index contributed by atoms with van der Waals surface area (Å²) in [6, 6.07) is 0. The Balaban J connectivity index is 1.77. The second-order valence-corrected chi connectivity index (χ2v) is 7.00. The highest BCUT2D eigenvalue weighted by atomic mass is 15.1. The Kier molecular flexibility index (Phi) is 3.39. The van der Waals surface area contributed by atoms with Crippen LogP contribution in [0.15, 0.2) is 0 Å². The molecule has 15 heavy (non-hydrogen) atoms. The Bertz CT molecular complexity index is 196. The maximum atomic E-state index is 2.75. The average Bonchev–Trinajstić information content (AvgIpc) is 2.77. The topological polar surface area (TPSA) is 3.24 Å². The highest BCUT2D eigenvalue weighted by molar-refractivity contribution is 4.82. The third kappa shape index (κ3) is 4.14. The first-order valence-electron chi connectivity index (χ1n) is 6.75. The van der Waals surface area contributed by atoms with E-state index in [2.05, 4.69) is 25.7 Å². The molecule has 0 radical (unpaired) electrons. The maximum Gasteiger partial charge on any atom is 0.00303 e. The van der Waals surface area contributed by atoms with Gasteiger partial charge < -0.3 is 4.90 Å². The molecule has 2 saturated carbocycles. The van der Waals surface area contributed by atoms with E-state index >= 15 is 0 Å². The van der Waals surface area contributed by atoms with Crippen LogP contribution in [0.1, 0.15) is 52.9 Å². The Hall–Kier alpha value is -0.0400. The largest absolute Gasteiger partial charge is 0.302 e. The molecule has 0 aromatic heterocycles. The number of rotatable bonds is 5. The zero-order valence-corrected chi connectivity index (χ0v) is 10.8. The highest BCUT2D eigenvalue weighted by Crippen LogP contribution is 2.33. The van der Waals surface area contributed by atoms with E-state index < -0.39 is 0 Å². The van der Waals surface area contributed by atoms with Crippen LogP contribution in [0.3, 0.4) is 0 Å². The molecule has 0 unspecified atom stereocenters. The van der Waals surface area contributed by atoms with Crippen LogP contribution < -0.4 is 0 Å². The van der Waals surface area contributed by atoms with E-state index in [1.807, 2.05) is 0 Å². The van der Waals surface area contributed by atoms with Crippen molar-refractivity contribution in [2.24, 2.45) is 17.3 Å². The van der Waals surface area contributed by atoms with Crippen LogP contribution in [0.25, 0.3) is 0 Å². The van der Waals surface area contributed by atoms with Crippen LogP contribution in [0, 0.1) is 17.3 Å². The maximum absolute atomic E-state index is 2.75. The molecule has 0 atom stereocenters. The lowest BCUT2D eigenvalue weighted by atomic mass is 9.84. The van der Waals surface area contributed by atoms with Gasteiger partial charge in [-0.2, -0.15) is 0 Å². The summed E-state index contributed by atoms with van der Waals surface area (Å²) in [5.74, 6) is 2.08. The van der Waals surface area contributed by atoms with Crippen molar-refractivity contribution in [3.63, 3.8) is 0 Å². The van der Waals surface area contributed by atoms with Gasteiger partial charge in [0.25, 0.3) is 0 Å². The Morgan fingerprint density at radius 1 is 0.933 bits per heavy atom. The molecule has 2 aliphatic rings. The van der Waals surface area contributed by atoms with Crippen molar-refractivity contribution < 1.29 is 0 Å². The second-order valence-electron chi connectivity index (χ2n) is 7.00. The predicted molar refractivity (Wildman–Crippen MR) is 66.0 cm³/mol. The molecule has 0 aromatic carbocycles. The van der Waals surface area contributed by atoms with Gasteiger partial charge in [-0.05, 0) is 42.9 Å². The molecule has 0 amide bonds. The molecule has 0 N–H and O–H groups in total. The highest BCUT2D eigenvalue weighted by Gasteiger charge is 2.29. The van der Waals surface area contributed by atoms with Gasteiger partial charge in [-0.3, -0.25) is 0 Å². The van der Waals surface area contributed by atoms with Crippen molar-refractivity contribution in [3.8, 4) is 0 Å². The summed E-state index contributed by atoms with van der Waals surface area (Å²) in [5, 5.41) is 0. The van der Waals surface area contributed by atoms with Gasteiger partial charge in [0.1, 0.15) is 0 Å². The molecule has 2 fully saturated rings. The molecule has 0 heterocycles. The average molecular weight is 209 g/mol. The minimum Gasteiger partial charge on any atom is -0.302 e. The molecule has 0 saturated heterocycles. The Morgan fingerprint density at radius 3 is 1.80 bits per heavy atom. The smallest absolute Gasteiger partial charge is 0.00303 e. The van der Waals surface area contributed by atoms with Gasteiger partial charge in [0.05, 0.1) is 0 Å². The number of hydrogen-bond acceptors (Lipinski definition) is 1. The first kappa shape index (κ1) is 11.4. The molecule has 0 aromatic rings. The summed E-state index contributed by atoms with van der Waals surface area (Å²) in [6.07, 6.45) is 7.45. The zero-order chi connectivity index (χ0) is 10.9. The van der Waals surface area contributed by atoms with Gasteiger partial charge in [0.15, 0.2) is 0 Å². The van der Waals surface area contributed by atoms with E-state index in [0.717, 1.165) is 11.8 Å². The standard InChI is InChI=1S/C14H27N/c1-14(2,3)11-15(10-13-7-8-13)9-12-5-4-6-12/h12-13H,4-11H2,1-3H3. The van der Waals surface area contributed by atoms with Gasteiger partial charge in [-0.25, -0.2) is 0 Å². The lowest BCUT2D eigenvalue weighted by molar-refractivity contribution is 0.131. The SMILES string of the molecule is CC(C)(C)CN(CC1CCC1)CC1CC1. The molecule has 2 aliphatic carbocycles. The van der Waals surface area contributed by atoms with E-state index in [1.54, 1.807) is 0 Å². The van der Waals surface area contributed by atoms with Gasteiger partial charge in [-0.1, -0.05) is 27.2 Å². The van der Waals surface area contributed by atoms with E-state index in [9.17, 15) is 0 Å². The fourth-order valence-corrected chi connectivity index (χ4v) is 2.58. The first-order valence-corrected chi connectivity index (χ1v) is 6.75. The van der Waals surface area contributed by atoms with Crippen LogP contribution in [-0.2, 0) is 0 Å². The Morgan fingerprint density at radius 2 is 1.47 bits per heavy atom. The fraction of sp³-hybridized carbons (Fsp3) is 1.00. The van der Waals surface area contributed by atoms with E-state index in [-0.39, 0.29) is 0 Å². The molecule has 2 rings (SSSR count). The van der Waals surface area contributed by atoms with Crippen molar-refractivity contribution in [1.82, 2.24) is 4.90 Å². The summed E-state index contributed by atoms with van der Waals surface area (Å²) in [5.41, 5.74) is 0.471. The van der Waals surface area contributed by atoms with Gasteiger partial charge in [0.2, 0.25) is 0 Å². The minimum absolute atomic E-state index is 0.471. The van der Waals surface area contributed by atoms with Gasteiger partial charge in [0, 0.05) is 19.6 Å². The third-order valence-electron chi connectivity index (χ3n) is 3.65. The summed E-state index contributed by atoms with van der Waals surface area (Å²) in [4.78, 5) is 2.75. The lowest BCUT2D eigenvalue weighted by Crippen LogP contribution is -2.39. The minimum atomic E-state index is 0.471. The molecule has 88 valence electrons. The van der Waals surface area contributed by atoms with Gasteiger partial charge in [-0.15, -0.1) is 0 Å². The second kappa shape index (κ2) is 4.45. The van der Waals surface area contributed by atoms with Crippen molar-refractivity contribution in [2.45, 2.75) is 52.9 Å². The summed E-state index contributed by atoms with van der Waals surface area (Å²) in [7, 11) is 0. The molecule has 1 heteroatoms. The normalized spacial score (nSPS) is 23.2. The van der Waals surface area contributed by atoms with Crippen LogP contribution in [0.4, 0.5) is 0 Å². The third-order valence-corrected chi connectivity index (χ3v) is 3.65.